The number of hydrogen-bond donors (Lipinski definition) is 1. The first kappa shape index (κ1) is 21.9. The molecule has 0 radical (unpaired) electrons. The SMILES string of the molecule is CCOCCNC(=O)Cc1c(C)n(C(=O)c2ccc(Cl)cc2)c2ccc(O[11CH3])cc12. The van der Waals surface area contributed by atoms with Gasteiger partial charge in [-0.25, -0.2) is 0 Å². The summed E-state index contributed by atoms with van der Waals surface area (Å²) in [7, 11) is 1.59. The van der Waals surface area contributed by atoms with Crippen molar-refractivity contribution in [2.45, 2.75) is 20.3 Å². The lowest BCUT2D eigenvalue weighted by Gasteiger charge is -2.08. The molecule has 1 N–H and O–H groups in total. The number of halogens is 1. The maximum absolute atomic E-state index is 13.3. The van der Waals surface area contributed by atoms with Gasteiger partial charge in [-0.05, 0) is 61.9 Å². The Morgan fingerprint density at radius 3 is 2.53 bits per heavy atom. The topological polar surface area (TPSA) is 69.6 Å². The van der Waals surface area contributed by atoms with Gasteiger partial charge in [-0.1, -0.05) is 11.6 Å². The number of benzene rings is 2. The van der Waals surface area contributed by atoms with Gasteiger partial charge in [0.15, 0.2) is 0 Å². The number of amides is 1. The molecular weight excluding hydrogens is 403 g/mol. The molecule has 0 spiro atoms. The Bertz CT molecular complexity index is 1060. The van der Waals surface area contributed by atoms with Gasteiger partial charge >= 0.3 is 0 Å². The van der Waals surface area contributed by atoms with Crippen molar-refractivity contribution in [3.63, 3.8) is 0 Å². The van der Waals surface area contributed by atoms with E-state index in [9.17, 15) is 9.59 Å². The Hall–Kier alpha value is -2.83. The minimum Gasteiger partial charge on any atom is -0.497 e. The van der Waals surface area contributed by atoms with Crippen LogP contribution in [-0.2, 0) is 16.0 Å². The third kappa shape index (κ3) is 4.66. The maximum Gasteiger partial charge on any atom is 0.262 e. The van der Waals surface area contributed by atoms with Crippen molar-refractivity contribution in [1.29, 1.82) is 0 Å². The summed E-state index contributed by atoms with van der Waals surface area (Å²) in [5.74, 6) is 0.359. The largest absolute Gasteiger partial charge is 0.497 e. The second kappa shape index (κ2) is 9.78. The third-order valence-corrected chi connectivity index (χ3v) is 5.20. The summed E-state index contributed by atoms with van der Waals surface area (Å²) in [6.45, 7) is 5.27. The van der Waals surface area contributed by atoms with Crippen molar-refractivity contribution >= 4 is 34.3 Å². The van der Waals surface area contributed by atoms with E-state index in [-0.39, 0.29) is 18.2 Å². The highest BCUT2D eigenvalue weighted by molar-refractivity contribution is 6.30. The lowest BCUT2D eigenvalue weighted by molar-refractivity contribution is -0.120. The number of nitrogens with zero attached hydrogens (tertiary/aromatic N) is 1. The molecule has 0 bridgehead atoms. The van der Waals surface area contributed by atoms with E-state index in [4.69, 9.17) is 21.1 Å². The van der Waals surface area contributed by atoms with Crippen LogP contribution in [0.2, 0.25) is 5.02 Å². The van der Waals surface area contributed by atoms with Crippen LogP contribution in [0.1, 0.15) is 28.5 Å². The molecule has 30 heavy (non-hydrogen) atoms. The number of fused-ring (bicyclic) bond motifs is 1. The molecule has 3 rings (SSSR count). The van der Waals surface area contributed by atoms with Gasteiger partial charge in [-0.2, -0.15) is 0 Å². The summed E-state index contributed by atoms with van der Waals surface area (Å²) in [6.07, 6.45) is 0.155. The number of carbonyl (C=O) groups excluding carboxylic acids is 2. The summed E-state index contributed by atoms with van der Waals surface area (Å²) >= 11 is 5.96. The normalized spacial score (nSPS) is 10.9. The predicted octanol–water partition coefficient (Wildman–Crippen LogP) is 4.00. The molecule has 0 saturated heterocycles. The quantitative estimate of drug-likeness (QED) is 0.552. The number of rotatable bonds is 8. The summed E-state index contributed by atoms with van der Waals surface area (Å²) in [5.41, 5.74) is 2.76. The van der Waals surface area contributed by atoms with Crippen LogP contribution in [0.3, 0.4) is 0 Å². The molecule has 1 aromatic heterocycles. The van der Waals surface area contributed by atoms with E-state index < -0.39 is 0 Å². The average molecular weight is 428 g/mol. The zero-order valence-corrected chi connectivity index (χ0v) is 18.1. The molecule has 0 saturated carbocycles. The van der Waals surface area contributed by atoms with Crippen LogP contribution in [-0.4, -0.2) is 43.2 Å². The highest BCUT2D eigenvalue weighted by atomic mass is 35.5. The maximum atomic E-state index is 13.3. The van der Waals surface area contributed by atoms with Gasteiger partial charge in [0, 0.05) is 34.8 Å². The Labute approximate surface area is 180 Å². The second-order valence-corrected chi connectivity index (χ2v) is 7.25. The highest BCUT2D eigenvalue weighted by Gasteiger charge is 2.22. The molecule has 158 valence electrons. The van der Waals surface area contributed by atoms with E-state index in [2.05, 4.69) is 5.32 Å². The smallest absolute Gasteiger partial charge is 0.262 e. The number of hydrogen-bond acceptors (Lipinski definition) is 4. The first-order chi connectivity index (χ1) is 14.5. The average Bonchev–Trinajstić information content (AvgIpc) is 3.02. The summed E-state index contributed by atoms with van der Waals surface area (Å²) in [6, 6.07) is 12.3. The summed E-state index contributed by atoms with van der Waals surface area (Å²) < 4.78 is 12.3. The van der Waals surface area contributed by atoms with E-state index in [1.54, 1.807) is 42.0 Å². The molecule has 0 aliphatic rings. The van der Waals surface area contributed by atoms with Crippen molar-refractivity contribution in [2.24, 2.45) is 0 Å². The van der Waals surface area contributed by atoms with Crippen LogP contribution in [0.5, 0.6) is 5.75 Å². The van der Waals surface area contributed by atoms with Gasteiger partial charge in [0.25, 0.3) is 5.91 Å². The van der Waals surface area contributed by atoms with E-state index in [0.29, 0.717) is 36.1 Å². The number of nitrogens with one attached hydrogen (secondary N) is 1. The molecule has 3 aromatic rings. The fraction of sp³-hybridized carbons (Fsp3) is 0.304. The van der Waals surface area contributed by atoms with E-state index in [0.717, 1.165) is 22.2 Å². The van der Waals surface area contributed by atoms with Gasteiger partial charge in [0.05, 0.1) is 25.7 Å². The summed E-state index contributed by atoms with van der Waals surface area (Å²) in [4.78, 5) is 25.8. The van der Waals surface area contributed by atoms with E-state index in [1.807, 2.05) is 26.0 Å². The Morgan fingerprint density at radius 2 is 1.87 bits per heavy atom. The van der Waals surface area contributed by atoms with Gasteiger partial charge in [-0.3, -0.25) is 14.2 Å². The van der Waals surface area contributed by atoms with Crippen LogP contribution >= 0.6 is 11.6 Å². The number of ether oxygens (including phenoxy) is 2. The number of methoxy groups -OCH3 is 1. The zero-order chi connectivity index (χ0) is 21.7. The monoisotopic (exact) mass is 427 g/mol. The van der Waals surface area contributed by atoms with E-state index >= 15 is 0 Å². The van der Waals surface area contributed by atoms with Crippen LogP contribution in [0.15, 0.2) is 42.5 Å². The van der Waals surface area contributed by atoms with E-state index in [1.165, 1.54) is 0 Å². The standard InChI is InChI=1S/C23H25ClN2O4/c1-4-30-12-11-25-22(27)14-19-15(2)26(21-10-9-18(29-3)13-20(19)21)23(28)16-5-7-17(24)8-6-16/h5-10,13H,4,11-12,14H2,1-3H3,(H,25,27)/i3-1. The number of aromatic nitrogens is 1. The molecule has 0 atom stereocenters. The molecule has 0 aliphatic carbocycles. The van der Waals surface area contributed by atoms with Gasteiger partial charge in [0.1, 0.15) is 5.75 Å². The minimum atomic E-state index is -0.178. The summed E-state index contributed by atoms with van der Waals surface area (Å²) in [5, 5.41) is 4.24. The first-order valence-corrected chi connectivity index (χ1v) is 10.2. The number of carbonyl (C=O) groups is 2. The van der Waals surface area contributed by atoms with Crippen molar-refractivity contribution in [1.82, 2.24) is 9.88 Å². The minimum absolute atomic E-state index is 0.126. The fourth-order valence-electron chi connectivity index (χ4n) is 3.43. The Kier molecular flexibility index (Phi) is 7.13. The highest BCUT2D eigenvalue weighted by Crippen LogP contribution is 2.30. The van der Waals surface area contributed by atoms with Gasteiger partial charge < -0.3 is 14.8 Å². The Morgan fingerprint density at radius 1 is 1.13 bits per heavy atom. The molecule has 0 aliphatic heterocycles. The molecule has 6 nitrogen and oxygen atoms in total. The van der Waals surface area contributed by atoms with Crippen LogP contribution < -0.4 is 10.1 Å². The van der Waals surface area contributed by atoms with Crippen molar-refractivity contribution in [2.75, 3.05) is 26.9 Å². The predicted molar refractivity (Wildman–Crippen MR) is 118 cm³/mol. The molecule has 0 fully saturated rings. The lowest BCUT2D eigenvalue weighted by atomic mass is 10.1. The van der Waals surface area contributed by atoms with Crippen LogP contribution in [0.4, 0.5) is 0 Å². The van der Waals surface area contributed by atoms with Gasteiger partial charge in [0.2, 0.25) is 5.91 Å². The van der Waals surface area contributed by atoms with Crippen LogP contribution in [0.25, 0.3) is 10.9 Å². The molecule has 1 amide bonds. The molecular formula is C23H25ClN2O4. The zero-order valence-electron chi connectivity index (χ0n) is 17.3. The van der Waals surface area contributed by atoms with Crippen molar-refractivity contribution < 1.29 is 19.1 Å². The molecule has 2 aromatic carbocycles. The van der Waals surface area contributed by atoms with Crippen molar-refractivity contribution in [3.05, 3.63) is 64.3 Å². The lowest BCUT2D eigenvalue weighted by Crippen LogP contribution is -2.28. The second-order valence-electron chi connectivity index (χ2n) is 6.82. The Balaban J connectivity index is 1.99. The van der Waals surface area contributed by atoms with Crippen LogP contribution in [0, 0.1) is 6.92 Å². The molecule has 1 heterocycles. The molecule has 0 unspecified atom stereocenters. The van der Waals surface area contributed by atoms with Gasteiger partial charge in [-0.15, -0.1) is 0 Å². The van der Waals surface area contributed by atoms with Crippen molar-refractivity contribution in [3.8, 4) is 5.75 Å². The first-order valence-electron chi connectivity index (χ1n) is 9.78. The molecule has 7 heteroatoms. The third-order valence-electron chi connectivity index (χ3n) is 4.95. The fourth-order valence-corrected chi connectivity index (χ4v) is 3.55.